The van der Waals surface area contributed by atoms with Crippen molar-refractivity contribution < 1.29 is 14.3 Å². The quantitative estimate of drug-likeness (QED) is 0.627. The fourth-order valence-corrected chi connectivity index (χ4v) is 3.73. The van der Waals surface area contributed by atoms with Crippen molar-refractivity contribution in [1.29, 1.82) is 0 Å². The minimum atomic E-state index is -0.751. The number of benzene rings is 1. The van der Waals surface area contributed by atoms with Gasteiger partial charge in [0.2, 0.25) is 5.91 Å². The minimum Gasteiger partial charge on any atom is -0.460 e. The van der Waals surface area contributed by atoms with E-state index in [1.54, 1.807) is 0 Å². The van der Waals surface area contributed by atoms with Gasteiger partial charge in [-0.2, -0.15) is 0 Å². The van der Waals surface area contributed by atoms with Gasteiger partial charge in [0.05, 0.1) is 0 Å². The summed E-state index contributed by atoms with van der Waals surface area (Å²) in [6, 6.07) is 8.56. The average Bonchev–Trinajstić information content (AvgIpc) is 2.59. The fraction of sp³-hybridized carbons (Fsp3) is 0.600. The topological polar surface area (TPSA) is 55.4 Å². The number of amides is 1. The van der Waals surface area contributed by atoms with Crippen LogP contribution in [0.25, 0.3) is 0 Å². The van der Waals surface area contributed by atoms with E-state index in [9.17, 15) is 9.59 Å². The second-order valence-electron chi connectivity index (χ2n) is 7.42. The summed E-state index contributed by atoms with van der Waals surface area (Å²) in [6.45, 7) is 6.58. The summed E-state index contributed by atoms with van der Waals surface area (Å²) in [6.07, 6.45) is 3.09. The molecule has 1 amide bonds. The molecule has 0 saturated heterocycles. The highest BCUT2D eigenvalue weighted by molar-refractivity contribution is 6.19. The molecular weight excluding hydrogens is 329 g/mol. The molecule has 1 aliphatic rings. The molecule has 1 N–H and O–H groups in total. The van der Waals surface area contributed by atoms with E-state index in [-0.39, 0.29) is 23.3 Å². The summed E-state index contributed by atoms with van der Waals surface area (Å²) in [4.78, 5) is 24.8. The number of carbonyl (C=O) groups is 2. The van der Waals surface area contributed by atoms with Crippen molar-refractivity contribution in [2.45, 2.75) is 57.5 Å². The van der Waals surface area contributed by atoms with Crippen LogP contribution in [0.15, 0.2) is 30.3 Å². The second kappa shape index (κ2) is 9.41. The minimum absolute atomic E-state index is 0.0737. The fourth-order valence-electron chi connectivity index (χ4n) is 3.61. The van der Waals surface area contributed by atoms with Crippen LogP contribution in [0.1, 0.15) is 51.6 Å². The standard InChI is InChI=1S/C20H28NO3.Al/c1-13(2)17-11-10-14(3)12-18(17)24-20(23)19(21-15(4)22)16-8-6-5-7-9-16;/h5-9,13-14,17-19H,4,10-12H2,1-3H3,(H,21,22);/t14-,17+,18-,19+;/m1./s1. The molecule has 0 spiro atoms. The Morgan fingerprint density at radius 1 is 1.24 bits per heavy atom. The summed E-state index contributed by atoms with van der Waals surface area (Å²) in [5.74, 6) is 0.872. The number of hydrogen-bond acceptors (Lipinski definition) is 3. The van der Waals surface area contributed by atoms with Crippen molar-refractivity contribution in [3.05, 3.63) is 35.9 Å². The lowest BCUT2D eigenvalue weighted by Gasteiger charge is -2.37. The first-order chi connectivity index (χ1) is 11.9. The van der Waals surface area contributed by atoms with Crippen LogP contribution in [0.3, 0.4) is 0 Å². The lowest BCUT2D eigenvalue weighted by molar-refractivity contribution is -0.159. The first kappa shape index (κ1) is 20.0. The predicted molar refractivity (Wildman–Crippen MR) is 99.1 cm³/mol. The Bertz CT molecular complexity index is 576. The van der Waals surface area contributed by atoms with Gasteiger partial charge in [-0.05, 0) is 41.4 Å². The third-order valence-corrected chi connectivity index (χ3v) is 5.46. The molecule has 4 atom stereocenters. The molecule has 1 saturated carbocycles. The van der Waals surface area contributed by atoms with Crippen molar-refractivity contribution in [2.75, 3.05) is 0 Å². The summed E-state index contributed by atoms with van der Waals surface area (Å²) in [7, 11) is 0. The van der Waals surface area contributed by atoms with Crippen LogP contribution in [0, 0.1) is 17.8 Å². The monoisotopic (exact) mass is 357 g/mol. The molecule has 134 valence electrons. The van der Waals surface area contributed by atoms with E-state index >= 15 is 0 Å². The molecule has 2 rings (SSSR count). The van der Waals surface area contributed by atoms with E-state index in [0.29, 0.717) is 17.8 Å². The smallest absolute Gasteiger partial charge is 0.333 e. The molecule has 0 aliphatic heterocycles. The Labute approximate surface area is 159 Å². The van der Waals surface area contributed by atoms with Gasteiger partial charge in [-0.3, -0.25) is 4.79 Å². The van der Waals surface area contributed by atoms with Gasteiger partial charge in [0.15, 0.2) is 6.04 Å². The molecule has 1 aliphatic carbocycles. The number of esters is 1. The maximum atomic E-state index is 12.9. The molecule has 1 fully saturated rings. The number of nitrogens with one attached hydrogen (secondary N) is 1. The Hall–Kier alpha value is -1.31. The molecule has 1 aromatic rings. The molecule has 5 heteroatoms. The summed E-state index contributed by atoms with van der Waals surface area (Å²) in [5, 5.41) is 3.05. The Morgan fingerprint density at radius 2 is 1.92 bits per heavy atom. The SMILES string of the molecule is CC(C)[C@@H]1CC[C@@H](C)C[C@H]1OC(=O)[C@@H](NC(=O)[CH2][Al])c1ccccc1. The first-order valence-electron chi connectivity index (χ1n) is 9.17. The Balaban J connectivity index is 2.16. The van der Waals surface area contributed by atoms with Crippen molar-refractivity contribution >= 4 is 28.2 Å². The molecule has 1 aromatic carbocycles. The van der Waals surface area contributed by atoms with E-state index in [0.717, 1.165) is 18.4 Å². The number of rotatable bonds is 6. The maximum absolute atomic E-state index is 12.9. The zero-order valence-electron chi connectivity index (χ0n) is 15.4. The molecule has 2 radical (unpaired) electrons. The van der Waals surface area contributed by atoms with Gasteiger partial charge in [0.1, 0.15) is 22.4 Å². The highest BCUT2D eigenvalue weighted by atomic mass is 27.0. The van der Waals surface area contributed by atoms with Crippen LogP contribution in [0.5, 0.6) is 0 Å². The van der Waals surface area contributed by atoms with E-state index in [1.165, 1.54) is 6.42 Å². The molecule has 0 heterocycles. The van der Waals surface area contributed by atoms with Crippen LogP contribution < -0.4 is 5.32 Å². The van der Waals surface area contributed by atoms with Crippen LogP contribution in [-0.4, -0.2) is 34.3 Å². The molecule has 0 unspecified atom stereocenters. The van der Waals surface area contributed by atoms with Gasteiger partial charge in [-0.25, -0.2) is 4.79 Å². The number of carbonyl (C=O) groups excluding carboxylic acids is 2. The van der Waals surface area contributed by atoms with Crippen LogP contribution in [-0.2, 0) is 14.3 Å². The molecule has 0 aromatic heterocycles. The number of ether oxygens (including phenoxy) is 1. The highest BCUT2D eigenvalue weighted by Gasteiger charge is 2.35. The lowest BCUT2D eigenvalue weighted by atomic mass is 9.75. The lowest BCUT2D eigenvalue weighted by Crippen LogP contribution is -2.40. The number of hydrogen-bond donors (Lipinski definition) is 1. The largest absolute Gasteiger partial charge is 0.460 e. The molecule has 0 bridgehead atoms. The van der Waals surface area contributed by atoms with E-state index < -0.39 is 6.04 Å². The van der Waals surface area contributed by atoms with E-state index in [4.69, 9.17) is 4.74 Å². The van der Waals surface area contributed by atoms with Gasteiger partial charge in [0, 0.05) is 0 Å². The van der Waals surface area contributed by atoms with E-state index in [2.05, 4.69) is 42.4 Å². The van der Waals surface area contributed by atoms with Crippen LogP contribution >= 0.6 is 0 Å². The molecule has 4 nitrogen and oxygen atoms in total. The second-order valence-corrected chi connectivity index (χ2v) is 7.83. The summed E-state index contributed by atoms with van der Waals surface area (Å²) >= 11 is 2.38. The van der Waals surface area contributed by atoms with Crippen molar-refractivity contribution in [3.63, 3.8) is 0 Å². The molecular formula is C20H28AlNO3. The van der Waals surface area contributed by atoms with Gasteiger partial charge < -0.3 is 10.1 Å². The van der Waals surface area contributed by atoms with Gasteiger partial charge in [-0.1, -0.05) is 57.5 Å². The Kier molecular flexibility index (Phi) is 7.53. The third kappa shape index (κ3) is 5.59. The van der Waals surface area contributed by atoms with Crippen molar-refractivity contribution in [3.8, 4) is 0 Å². The van der Waals surface area contributed by atoms with Crippen molar-refractivity contribution in [1.82, 2.24) is 5.32 Å². The zero-order valence-corrected chi connectivity index (χ0v) is 16.6. The maximum Gasteiger partial charge on any atom is 0.333 e. The predicted octanol–water partition coefficient (Wildman–Crippen LogP) is 3.43. The van der Waals surface area contributed by atoms with Crippen LogP contribution in [0.2, 0.25) is 5.28 Å². The zero-order chi connectivity index (χ0) is 18.4. The van der Waals surface area contributed by atoms with E-state index in [1.807, 2.05) is 30.3 Å². The third-order valence-electron chi connectivity index (χ3n) is 5.09. The first-order valence-corrected chi connectivity index (χ1v) is 9.98. The average molecular weight is 357 g/mol. The van der Waals surface area contributed by atoms with Crippen LogP contribution in [0.4, 0.5) is 0 Å². The highest BCUT2D eigenvalue weighted by Crippen LogP contribution is 2.36. The van der Waals surface area contributed by atoms with Gasteiger partial charge >= 0.3 is 5.97 Å². The van der Waals surface area contributed by atoms with Gasteiger partial charge in [0.25, 0.3) is 0 Å². The summed E-state index contributed by atoms with van der Waals surface area (Å²) in [5.41, 5.74) is 0.754. The van der Waals surface area contributed by atoms with Gasteiger partial charge in [-0.15, -0.1) is 0 Å². The van der Waals surface area contributed by atoms with Crippen molar-refractivity contribution in [2.24, 2.45) is 17.8 Å². The summed E-state index contributed by atoms with van der Waals surface area (Å²) < 4.78 is 5.94. The Morgan fingerprint density at radius 3 is 2.52 bits per heavy atom. The normalized spacial score (nSPS) is 24.6. The molecule has 25 heavy (non-hydrogen) atoms.